The highest BCUT2D eigenvalue weighted by Gasteiger charge is 2.28. The first-order valence-corrected chi connectivity index (χ1v) is 5.74. The van der Waals surface area contributed by atoms with Crippen LogP contribution in [0, 0.1) is 11.3 Å². The van der Waals surface area contributed by atoms with Crippen LogP contribution in [0.25, 0.3) is 0 Å². The van der Waals surface area contributed by atoms with Gasteiger partial charge in [-0.05, 0) is 48.0 Å². The van der Waals surface area contributed by atoms with Gasteiger partial charge in [0.1, 0.15) is 6.61 Å². The van der Waals surface area contributed by atoms with E-state index in [9.17, 15) is 0 Å². The molecule has 1 heterocycles. The van der Waals surface area contributed by atoms with Crippen LogP contribution in [-0.4, -0.2) is 18.0 Å². The fourth-order valence-corrected chi connectivity index (χ4v) is 1.90. The quantitative estimate of drug-likeness (QED) is 0.793. The Morgan fingerprint density at radius 2 is 2.25 bits per heavy atom. The Labute approximate surface area is 103 Å². The fourth-order valence-electron chi connectivity index (χ4n) is 1.48. The number of aliphatic imine (C=N–C) groups is 1. The number of ether oxygens (including phenoxy) is 1. The van der Waals surface area contributed by atoms with Crippen molar-refractivity contribution in [2.45, 2.75) is 19.4 Å². The summed E-state index contributed by atoms with van der Waals surface area (Å²) in [7, 11) is 0. The van der Waals surface area contributed by atoms with Gasteiger partial charge in [0.25, 0.3) is 0 Å². The van der Waals surface area contributed by atoms with Gasteiger partial charge in [0, 0.05) is 4.47 Å². The Kier molecular flexibility index (Phi) is 2.73. The second kappa shape index (κ2) is 3.91. The molecule has 0 bridgehead atoms. The molecule has 3 nitrogen and oxygen atoms in total. The summed E-state index contributed by atoms with van der Waals surface area (Å²) < 4.78 is 6.44. The highest BCUT2D eigenvalue weighted by molar-refractivity contribution is 9.10. The van der Waals surface area contributed by atoms with E-state index in [-0.39, 0.29) is 5.54 Å². The maximum Gasteiger partial charge on any atom is 0.218 e. The third kappa shape index (κ3) is 2.10. The SMILES string of the molecule is CC1(C)COC(c2cc(C#N)ccc2Br)=N1. The van der Waals surface area contributed by atoms with Gasteiger partial charge in [-0.15, -0.1) is 0 Å². The highest BCUT2D eigenvalue weighted by Crippen LogP contribution is 2.25. The lowest BCUT2D eigenvalue weighted by atomic mass is 10.1. The van der Waals surface area contributed by atoms with E-state index in [1.807, 2.05) is 19.9 Å². The van der Waals surface area contributed by atoms with Crippen molar-refractivity contribution in [2.24, 2.45) is 4.99 Å². The molecule has 0 atom stereocenters. The average molecular weight is 279 g/mol. The summed E-state index contributed by atoms with van der Waals surface area (Å²) in [4.78, 5) is 4.48. The largest absolute Gasteiger partial charge is 0.475 e. The van der Waals surface area contributed by atoms with E-state index in [1.54, 1.807) is 12.1 Å². The summed E-state index contributed by atoms with van der Waals surface area (Å²) in [5.41, 5.74) is 1.26. The van der Waals surface area contributed by atoms with Crippen LogP contribution in [0.3, 0.4) is 0 Å². The Balaban J connectivity index is 2.46. The standard InChI is InChI=1S/C12H11BrN2O/c1-12(2)7-16-11(15-12)9-5-8(6-14)3-4-10(9)13/h3-5H,7H2,1-2H3. The summed E-state index contributed by atoms with van der Waals surface area (Å²) >= 11 is 3.44. The molecule has 0 fully saturated rings. The predicted octanol–water partition coefficient (Wildman–Crippen LogP) is 2.88. The van der Waals surface area contributed by atoms with Crippen LogP contribution < -0.4 is 0 Å². The molecule has 0 radical (unpaired) electrons. The zero-order valence-corrected chi connectivity index (χ0v) is 10.7. The van der Waals surface area contributed by atoms with E-state index in [4.69, 9.17) is 10.00 Å². The predicted molar refractivity (Wildman–Crippen MR) is 65.4 cm³/mol. The fraction of sp³-hybridized carbons (Fsp3) is 0.333. The molecule has 2 rings (SSSR count). The number of benzene rings is 1. The third-order valence-electron chi connectivity index (χ3n) is 2.29. The number of rotatable bonds is 1. The van der Waals surface area contributed by atoms with Crippen molar-refractivity contribution in [1.82, 2.24) is 0 Å². The van der Waals surface area contributed by atoms with Crippen LogP contribution in [0.4, 0.5) is 0 Å². The van der Waals surface area contributed by atoms with E-state index >= 15 is 0 Å². The Morgan fingerprint density at radius 1 is 1.50 bits per heavy atom. The molecule has 1 aliphatic rings. The lowest BCUT2D eigenvalue weighted by molar-refractivity contribution is 0.279. The molecule has 1 aliphatic heterocycles. The van der Waals surface area contributed by atoms with Gasteiger partial charge < -0.3 is 4.74 Å². The second-order valence-electron chi connectivity index (χ2n) is 4.32. The van der Waals surface area contributed by atoms with Gasteiger partial charge in [0.05, 0.1) is 22.7 Å². The molecular weight excluding hydrogens is 268 g/mol. The van der Waals surface area contributed by atoms with Gasteiger partial charge >= 0.3 is 0 Å². The Hall–Kier alpha value is -1.34. The van der Waals surface area contributed by atoms with E-state index in [2.05, 4.69) is 27.0 Å². The molecule has 0 N–H and O–H groups in total. The summed E-state index contributed by atoms with van der Waals surface area (Å²) in [6, 6.07) is 7.49. The summed E-state index contributed by atoms with van der Waals surface area (Å²) in [6.07, 6.45) is 0. The van der Waals surface area contributed by atoms with Crippen molar-refractivity contribution in [3.63, 3.8) is 0 Å². The smallest absolute Gasteiger partial charge is 0.218 e. The van der Waals surface area contributed by atoms with Crippen molar-refractivity contribution < 1.29 is 4.74 Å². The first-order valence-electron chi connectivity index (χ1n) is 4.94. The van der Waals surface area contributed by atoms with Gasteiger partial charge in [-0.2, -0.15) is 5.26 Å². The zero-order valence-electron chi connectivity index (χ0n) is 9.12. The summed E-state index contributed by atoms with van der Waals surface area (Å²) in [5.74, 6) is 0.606. The maximum absolute atomic E-state index is 8.85. The van der Waals surface area contributed by atoms with Crippen LogP contribution in [-0.2, 0) is 4.74 Å². The van der Waals surface area contributed by atoms with Crippen molar-refractivity contribution in [3.8, 4) is 6.07 Å². The topological polar surface area (TPSA) is 45.4 Å². The first kappa shape index (κ1) is 11.2. The van der Waals surface area contributed by atoms with Gasteiger partial charge in [-0.3, -0.25) is 0 Å². The third-order valence-corrected chi connectivity index (χ3v) is 2.98. The number of hydrogen-bond donors (Lipinski definition) is 0. The van der Waals surface area contributed by atoms with Gasteiger partial charge in [0.15, 0.2) is 0 Å². The van der Waals surface area contributed by atoms with Crippen molar-refractivity contribution in [3.05, 3.63) is 33.8 Å². The molecule has 0 spiro atoms. The van der Waals surface area contributed by atoms with Gasteiger partial charge in [-0.25, -0.2) is 4.99 Å². The number of hydrogen-bond acceptors (Lipinski definition) is 3. The highest BCUT2D eigenvalue weighted by atomic mass is 79.9. The van der Waals surface area contributed by atoms with Crippen LogP contribution in [0.5, 0.6) is 0 Å². The molecule has 0 aromatic heterocycles. The van der Waals surface area contributed by atoms with Crippen molar-refractivity contribution in [2.75, 3.05) is 6.61 Å². The lowest BCUT2D eigenvalue weighted by Gasteiger charge is -2.07. The molecule has 0 aliphatic carbocycles. The van der Waals surface area contributed by atoms with Gasteiger partial charge in [-0.1, -0.05) is 0 Å². The minimum absolute atomic E-state index is 0.183. The van der Waals surface area contributed by atoms with E-state index < -0.39 is 0 Å². The molecule has 0 amide bonds. The lowest BCUT2D eigenvalue weighted by Crippen LogP contribution is -2.17. The Morgan fingerprint density at radius 3 is 2.81 bits per heavy atom. The zero-order chi connectivity index (χ0) is 11.8. The maximum atomic E-state index is 8.85. The van der Waals surface area contributed by atoms with Crippen LogP contribution in [0.1, 0.15) is 25.0 Å². The molecule has 0 saturated carbocycles. The second-order valence-corrected chi connectivity index (χ2v) is 5.18. The van der Waals surface area contributed by atoms with Crippen molar-refractivity contribution in [1.29, 1.82) is 5.26 Å². The summed E-state index contributed by atoms with van der Waals surface area (Å²) in [6.45, 7) is 4.61. The summed E-state index contributed by atoms with van der Waals surface area (Å²) in [5, 5.41) is 8.85. The average Bonchev–Trinajstić information content (AvgIpc) is 2.59. The molecule has 0 saturated heterocycles. The minimum Gasteiger partial charge on any atom is -0.475 e. The van der Waals surface area contributed by atoms with Gasteiger partial charge in [0.2, 0.25) is 5.90 Å². The van der Waals surface area contributed by atoms with Crippen LogP contribution in [0.2, 0.25) is 0 Å². The monoisotopic (exact) mass is 278 g/mol. The van der Waals surface area contributed by atoms with E-state index in [0.717, 1.165) is 10.0 Å². The molecule has 82 valence electrons. The number of halogens is 1. The number of nitrogens with zero attached hydrogens (tertiary/aromatic N) is 2. The van der Waals surface area contributed by atoms with Crippen molar-refractivity contribution >= 4 is 21.8 Å². The Bertz CT molecular complexity index is 500. The number of nitriles is 1. The van der Waals surface area contributed by atoms with Crippen LogP contribution in [0.15, 0.2) is 27.7 Å². The first-order chi connectivity index (χ1) is 7.52. The minimum atomic E-state index is -0.183. The molecular formula is C12H11BrN2O. The molecule has 16 heavy (non-hydrogen) atoms. The molecule has 0 unspecified atom stereocenters. The van der Waals surface area contributed by atoms with E-state index in [1.165, 1.54) is 0 Å². The normalized spacial score (nSPS) is 17.5. The molecule has 4 heteroatoms. The molecule has 1 aromatic rings. The van der Waals surface area contributed by atoms with E-state index in [0.29, 0.717) is 18.1 Å². The molecule has 1 aromatic carbocycles. The van der Waals surface area contributed by atoms with Crippen LogP contribution >= 0.6 is 15.9 Å².